The van der Waals surface area contributed by atoms with Gasteiger partial charge in [0.05, 0.1) is 5.56 Å². The molecule has 1 aliphatic rings. The molecule has 0 unspecified atom stereocenters. The molecule has 3 amide bonds. The Labute approximate surface area is 141 Å². The van der Waals surface area contributed by atoms with Gasteiger partial charge in [0.25, 0.3) is 5.91 Å². The third-order valence-electron chi connectivity index (χ3n) is 4.12. The number of carbonyl (C=O) groups is 2. The van der Waals surface area contributed by atoms with Crippen LogP contribution in [-0.2, 0) is 6.18 Å². The van der Waals surface area contributed by atoms with Crippen LogP contribution in [0.25, 0.3) is 0 Å². The Kier molecular flexibility index (Phi) is 5.19. The highest BCUT2D eigenvalue weighted by molar-refractivity contribution is 6.04. The van der Waals surface area contributed by atoms with E-state index >= 15 is 0 Å². The fraction of sp³-hybridized carbons (Fsp3) is 0.400. The lowest BCUT2D eigenvalue weighted by atomic mass is 9.85. The number of nitrogens with zero attached hydrogens (tertiary/aromatic N) is 1. The van der Waals surface area contributed by atoms with Crippen molar-refractivity contribution in [1.29, 1.82) is 5.41 Å². The highest BCUT2D eigenvalue weighted by Crippen LogP contribution is 2.39. The van der Waals surface area contributed by atoms with E-state index in [1.807, 2.05) is 5.32 Å². The van der Waals surface area contributed by atoms with E-state index in [1.165, 1.54) is 17.0 Å². The van der Waals surface area contributed by atoms with Crippen LogP contribution in [0, 0.1) is 5.41 Å². The van der Waals surface area contributed by atoms with Crippen molar-refractivity contribution in [3.63, 3.8) is 0 Å². The number of primary amides is 1. The summed E-state index contributed by atoms with van der Waals surface area (Å²) in [7, 11) is 0. The SMILES string of the molecule is N=C(N)NC(=O)c1ccc(C2CCN(C(N)=O)CC2)c(C(F)(F)F)c1. The fourth-order valence-corrected chi connectivity index (χ4v) is 2.90. The summed E-state index contributed by atoms with van der Waals surface area (Å²) in [6.07, 6.45) is -3.93. The minimum absolute atomic E-state index is 0.0796. The zero-order chi connectivity index (χ0) is 18.8. The number of alkyl halides is 3. The molecule has 1 aromatic carbocycles. The molecule has 1 aliphatic heterocycles. The molecule has 1 fully saturated rings. The second-order valence-corrected chi connectivity index (χ2v) is 5.77. The summed E-state index contributed by atoms with van der Waals surface area (Å²) in [5.74, 6) is -1.92. The van der Waals surface area contributed by atoms with Gasteiger partial charge in [-0.1, -0.05) is 6.07 Å². The van der Waals surface area contributed by atoms with Gasteiger partial charge in [-0.2, -0.15) is 13.2 Å². The predicted octanol–water partition coefficient (Wildman–Crippen LogP) is 1.59. The molecule has 10 heteroatoms. The summed E-state index contributed by atoms with van der Waals surface area (Å²) < 4.78 is 40.3. The maximum atomic E-state index is 13.4. The number of nitrogens with two attached hydrogens (primary N) is 2. The molecule has 1 saturated heterocycles. The van der Waals surface area contributed by atoms with Gasteiger partial charge in [-0.05, 0) is 36.5 Å². The summed E-state index contributed by atoms with van der Waals surface area (Å²) in [4.78, 5) is 24.3. The van der Waals surface area contributed by atoms with Gasteiger partial charge in [0.2, 0.25) is 0 Å². The van der Waals surface area contributed by atoms with Crippen molar-refractivity contribution >= 4 is 17.9 Å². The van der Waals surface area contributed by atoms with Gasteiger partial charge in [-0.3, -0.25) is 15.5 Å². The van der Waals surface area contributed by atoms with Gasteiger partial charge in [-0.25, -0.2) is 4.79 Å². The van der Waals surface area contributed by atoms with E-state index < -0.39 is 35.6 Å². The average molecular weight is 357 g/mol. The lowest BCUT2D eigenvalue weighted by Crippen LogP contribution is -2.41. The minimum atomic E-state index is -4.64. The molecule has 0 aromatic heterocycles. The summed E-state index contributed by atoms with van der Waals surface area (Å²) in [5, 5.41) is 8.94. The van der Waals surface area contributed by atoms with Crippen molar-refractivity contribution in [2.75, 3.05) is 13.1 Å². The third-order valence-corrected chi connectivity index (χ3v) is 4.12. The normalized spacial score (nSPS) is 15.7. The Morgan fingerprint density at radius 1 is 1.20 bits per heavy atom. The molecule has 0 atom stereocenters. The van der Waals surface area contributed by atoms with E-state index in [1.54, 1.807) is 0 Å². The standard InChI is InChI=1S/C15H18F3N5O2/c16-15(17,18)11-7-9(12(24)22-13(19)20)1-2-10(11)8-3-5-23(6-4-8)14(21)25/h1-2,7-8H,3-6H2,(H2,21,25)(H4,19,20,22,24). The van der Waals surface area contributed by atoms with E-state index in [0.717, 1.165) is 6.07 Å². The van der Waals surface area contributed by atoms with Crippen LogP contribution in [0.2, 0.25) is 0 Å². The molecular formula is C15H18F3N5O2. The molecule has 25 heavy (non-hydrogen) atoms. The summed E-state index contributed by atoms with van der Waals surface area (Å²) in [5.41, 5.74) is 9.15. The third kappa shape index (κ3) is 4.40. The van der Waals surface area contributed by atoms with E-state index in [4.69, 9.17) is 16.9 Å². The molecule has 1 heterocycles. The summed E-state index contributed by atoms with van der Waals surface area (Å²) >= 11 is 0. The molecule has 7 nitrogen and oxygen atoms in total. The number of guanidine groups is 1. The number of benzene rings is 1. The van der Waals surface area contributed by atoms with Crippen LogP contribution >= 0.6 is 0 Å². The van der Waals surface area contributed by atoms with Gasteiger partial charge >= 0.3 is 12.2 Å². The predicted molar refractivity (Wildman–Crippen MR) is 84.0 cm³/mol. The Bertz CT molecular complexity index is 697. The maximum absolute atomic E-state index is 13.4. The van der Waals surface area contributed by atoms with Gasteiger partial charge in [0.1, 0.15) is 0 Å². The number of halogens is 3. The molecule has 0 spiro atoms. The van der Waals surface area contributed by atoms with Crippen LogP contribution in [0.5, 0.6) is 0 Å². The van der Waals surface area contributed by atoms with Crippen LogP contribution in [0.15, 0.2) is 18.2 Å². The first-order valence-electron chi connectivity index (χ1n) is 7.50. The van der Waals surface area contributed by atoms with Crippen molar-refractivity contribution in [2.45, 2.75) is 24.9 Å². The van der Waals surface area contributed by atoms with Crippen LogP contribution in [-0.4, -0.2) is 35.9 Å². The van der Waals surface area contributed by atoms with Crippen molar-refractivity contribution in [2.24, 2.45) is 11.5 Å². The number of nitrogens with one attached hydrogen (secondary N) is 2. The highest BCUT2D eigenvalue weighted by Gasteiger charge is 2.37. The summed E-state index contributed by atoms with van der Waals surface area (Å²) in [6.45, 7) is 0.563. The molecular weight excluding hydrogens is 339 g/mol. The molecule has 0 bridgehead atoms. The molecule has 0 aliphatic carbocycles. The average Bonchev–Trinajstić information content (AvgIpc) is 2.53. The number of hydrogen-bond donors (Lipinski definition) is 4. The Morgan fingerprint density at radius 3 is 2.28 bits per heavy atom. The van der Waals surface area contributed by atoms with Gasteiger partial charge in [0.15, 0.2) is 5.96 Å². The number of urea groups is 1. The first-order chi connectivity index (χ1) is 11.6. The lowest BCUT2D eigenvalue weighted by molar-refractivity contribution is -0.138. The number of hydrogen-bond acceptors (Lipinski definition) is 3. The minimum Gasteiger partial charge on any atom is -0.370 e. The number of rotatable bonds is 2. The quantitative estimate of drug-likeness (QED) is 0.474. The number of amides is 3. The van der Waals surface area contributed by atoms with Crippen molar-refractivity contribution in [3.8, 4) is 0 Å². The van der Waals surface area contributed by atoms with E-state index in [9.17, 15) is 22.8 Å². The fourth-order valence-electron chi connectivity index (χ4n) is 2.90. The summed E-state index contributed by atoms with van der Waals surface area (Å²) in [6, 6.07) is 2.70. The topological polar surface area (TPSA) is 125 Å². The number of carbonyl (C=O) groups excluding carboxylic acids is 2. The molecule has 0 radical (unpaired) electrons. The largest absolute Gasteiger partial charge is 0.416 e. The molecule has 6 N–H and O–H groups in total. The zero-order valence-corrected chi connectivity index (χ0v) is 13.2. The Balaban J connectivity index is 2.31. The monoisotopic (exact) mass is 357 g/mol. The van der Waals surface area contributed by atoms with Gasteiger partial charge in [0, 0.05) is 18.7 Å². The van der Waals surface area contributed by atoms with E-state index in [-0.39, 0.29) is 24.2 Å². The first-order valence-corrected chi connectivity index (χ1v) is 7.50. The van der Waals surface area contributed by atoms with Crippen LogP contribution in [0.3, 0.4) is 0 Å². The second-order valence-electron chi connectivity index (χ2n) is 5.77. The van der Waals surface area contributed by atoms with Crippen molar-refractivity contribution in [1.82, 2.24) is 10.2 Å². The Hall–Kier alpha value is -2.78. The van der Waals surface area contributed by atoms with E-state index in [0.29, 0.717) is 12.8 Å². The van der Waals surface area contributed by atoms with Crippen LogP contribution < -0.4 is 16.8 Å². The molecule has 0 saturated carbocycles. The first kappa shape index (κ1) is 18.6. The smallest absolute Gasteiger partial charge is 0.370 e. The molecule has 1 aromatic rings. The Morgan fingerprint density at radius 2 is 1.80 bits per heavy atom. The van der Waals surface area contributed by atoms with Crippen molar-refractivity contribution < 1.29 is 22.8 Å². The maximum Gasteiger partial charge on any atom is 0.416 e. The highest BCUT2D eigenvalue weighted by atomic mass is 19.4. The van der Waals surface area contributed by atoms with Gasteiger partial charge in [-0.15, -0.1) is 0 Å². The zero-order valence-electron chi connectivity index (χ0n) is 13.2. The number of piperidine rings is 1. The second kappa shape index (κ2) is 6.99. The lowest BCUT2D eigenvalue weighted by Gasteiger charge is -2.32. The van der Waals surface area contributed by atoms with Gasteiger partial charge < -0.3 is 16.4 Å². The molecule has 2 rings (SSSR count). The molecule has 136 valence electrons. The number of likely N-dealkylation sites (tertiary alicyclic amines) is 1. The van der Waals surface area contributed by atoms with Crippen molar-refractivity contribution in [3.05, 3.63) is 34.9 Å². The van der Waals surface area contributed by atoms with Crippen LogP contribution in [0.1, 0.15) is 40.2 Å². The van der Waals surface area contributed by atoms with E-state index in [2.05, 4.69) is 0 Å². The van der Waals surface area contributed by atoms with Crippen LogP contribution in [0.4, 0.5) is 18.0 Å².